The molecule has 0 saturated carbocycles. The third-order valence-corrected chi connectivity index (χ3v) is 4.06. The Labute approximate surface area is 139 Å². The molecule has 1 aromatic heterocycles. The Morgan fingerprint density at radius 2 is 1.75 bits per heavy atom. The first-order valence-electron chi connectivity index (χ1n) is 7.78. The Morgan fingerprint density at radius 1 is 1.00 bits per heavy atom. The number of ether oxygens (including phenoxy) is 2. The Hall–Kier alpha value is -2.79. The van der Waals surface area contributed by atoms with Crippen molar-refractivity contribution in [2.75, 3.05) is 13.8 Å². The van der Waals surface area contributed by atoms with Gasteiger partial charge in [0.15, 0.2) is 11.5 Å². The molecule has 1 aliphatic heterocycles. The largest absolute Gasteiger partial charge is 0.454 e. The molecule has 0 N–H and O–H groups in total. The van der Waals surface area contributed by atoms with Gasteiger partial charge in [-0.1, -0.05) is 30.3 Å². The highest BCUT2D eigenvalue weighted by Crippen LogP contribution is 2.36. The predicted octanol–water partition coefficient (Wildman–Crippen LogP) is 3.15. The van der Waals surface area contributed by atoms with Crippen LogP contribution in [0.25, 0.3) is 11.0 Å². The van der Waals surface area contributed by atoms with Crippen LogP contribution in [0.2, 0.25) is 0 Å². The highest BCUT2D eigenvalue weighted by Gasteiger charge is 2.18. The number of fused-ring (bicyclic) bond motifs is 2. The zero-order chi connectivity index (χ0) is 16.5. The Balaban J connectivity index is 1.67. The van der Waals surface area contributed by atoms with Crippen LogP contribution in [-0.2, 0) is 13.1 Å². The van der Waals surface area contributed by atoms with Crippen LogP contribution < -0.4 is 15.1 Å². The molecule has 5 heteroatoms. The summed E-state index contributed by atoms with van der Waals surface area (Å²) >= 11 is 0. The van der Waals surface area contributed by atoms with Gasteiger partial charge in [-0.05, 0) is 24.2 Å². The van der Waals surface area contributed by atoms with Gasteiger partial charge in [0, 0.05) is 30.6 Å². The maximum atomic E-state index is 11.9. The molecular weight excluding hydrogens is 306 g/mol. The third-order valence-electron chi connectivity index (χ3n) is 4.06. The number of hydrogen-bond donors (Lipinski definition) is 0. The van der Waals surface area contributed by atoms with Gasteiger partial charge < -0.3 is 13.9 Å². The van der Waals surface area contributed by atoms with Gasteiger partial charge >= 0.3 is 5.63 Å². The fourth-order valence-corrected chi connectivity index (χ4v) is 2.99. The minimum absolute atomic E-state index is 0.194. The van der Waals surface area contributed by atoms with Crippen LogP contribution in [0.4, 0.5) is 0 Å². The van der Waals surface area contributed by atoms with E-state index in [-0.39, 0.29) is 12.4 Å². The van der Waals surface area contributed by atoms with Crippen molar-refractivity contribution in [1.82, 2.24) is 4.90 Å². The highest BCUT2D eigenvalue weighted by atomic mass is 16.7. The number of hydrogen-bond acceptors (Lipinski definition) is 5. The van der Waals surface area contributed by atoms with Gasteiger partial charge in [0.1, 0.15) is 5.58 Å². The molecule has 5 nitrogen and oxygen atoms in total. The summed E-state index contributed by atoms with van der Waals surface area (Å²) in [7, 11) is 2.03. The monoisotopic (exact) mass is 323 g/mol. The summed E-state index contributed by atoms with van der Waals surface area (Å²) in [6.07, 6.45) is 0. The summed E-state index contributed by atoms with van der Waals surface area (Å²) in [5, 5.41) is 0.874. The van der Waals surface area contributed by atoms with E-state index >= 15 is 0 Å². The van der Waals surface area contributed by atoms with E-state index < -0.39 is 0 Å². The van der Waals surface area contributed by atoms with Crippen LogP contribution >= 0.6 is 0 Å². The fraction of sp³-hybridized carbons (Fsp3) is 0.211. The molecule has 0 unspecified atom stereocenters. The van der Waals surface area contributed by atoms with Gasteiger partial charge in [-0.2, -0.15) is 0 Å². The molecule has 2 heterocycles. The van der Waals surface area contributed by atoms with E-state index in [1.54, 1.807) is 12.1 Å². The van der Waals surface area contributed by atoms with Gasteiger partial charge in [-0.15, -0.1) is 0 Å². The molecule has 4 rings (SSSR count). The van der Waals surface area contributed by atoms with Gasteiger partial charge in [-0.3, -0.25) is 4.90 Å². The second-order valence-corrected chi connectivity index (χ2v) is 5.95. The first kappa shape index (κ1) is 14.8. The molecule has 0 aliphatic carbocycles. The summed E-state index contributed by atoms with van der Waals surface area (Å²) < 4.78 is 16.1. The molecule has 0 bridgehead atoms. The molecule has 0 fully saturated rings. The van der Waals surface area contributed by atoms with E-state index in [1.165, 1.54) is 5.56 Å². The lowest BCUT2D eigenvalue weighted by Gasteiger charge is -2.17. The van der Waals surface area contributed by atoms with Crippen molar-refractivity contribution in [3.63, 3.8) is 0 Å². The lowest BCUT2D eigenvalue weighted by atomic mass is 10.1. The first-order chi connectivity index (χ1) is 11.7. The molecule has 24 heavy (non-hydrogen) atoms. The molecule has 122 valence electrons. The van der Waals surface area contributed by atoms with E-state index in [0.717, 1.165) is 17.5 Å². The predicted molar refractivity (Wildman–Crippen MR) is 90.2 cm³/mol. The standard InChI is InChI=1S/C19H17NO4/c1-20(10-13-5-3-2-4-6-13)11-14-7-19(21)24-16-9-18-17(8-15(14)16)22-12-23-18/h2-9H,10-12H2,1H3. The summed E-state index contributed by atoms with van der Waals surface area (Å²) in [6, 6.07) is 15.4. The van der Waals surface area contributed by atoms with Crippen LogP contribution in [0.1, 0.15) is 11.1 Å². The van der Waals surface area contributed by atoms with E-state index in [4.69, 9.17) is 13.9 Å². The molecule has 0 spiro atoms. The Morgan fingerprint density at radius 3 is 2.54 bits per heavy atom. The van der Waals surface area contributed by atoms with Crippen molar-refractivity contribution in [2.24, 2.45) is 0 Å². The summed E-state index contributed by atoms with van der Waals surface area (Å²) in [5.41, 5.74) is 2.31. The van der Waals surface area contributed by atoms with Crippen LogP contribution in [-0.4, -0.2) is 18.7 Å². The summed E-state index contributed by atoms with van der Waals surface area (Å²) in [5.74, 6) is 1.30. The summed E-state index contributed by atoms with van der Waals surface area (Å²) in [6.45, 7) is 1.63. The third kappa shape index (κ3) is 2.86. The normalized spacial score (nSPS) is 12.9. The van der Waals surface area contributed by atoms with Gasteiger partial charge in [-0.25, -0.2) is 4.79 Å². The number of rotatable bonds is 4. The molecule has 0 radical (unpaired) electrons. The van der Waals surface area contributed by atoms with Crippen molar-refractivity contribution in [1.29, 1.82) is 0 Å². The average molecular weight is 323 g/mol. The maximum Gasteiger partial charge on any atom is 0.336 e. The Kier molecular flexibility index (Phi) is 3.70. The van der Waals surface area contributed by atoms with E-state index in [1.807, 2.05) is 31.3 Å². The lowest BCUT2D eigenvalue weighted by Crippen LogP contribution is -2.18. The number of benzene rings is 2. The van der Waals surface area contributed by atoms with Gasteiger partial charge in [0.2, 0.25) is 6.79 Å². The number of nitrogens with zero attached hydrogens (tertiary/aromatic N) is 1. The molecule has 0 amide bonds. The SMILES string of the molecule is CN(Cc1ccccc1)Cc1cc(=O)oc2cc3c(cc12)OCO3. The van der Waals surface area contributed by atoms with E-state index in [2.05, 4.69) is 17.0 Å². The van der Waals surface area contributed by atoms with Crippen LogP contribution in [0, 0.1) is 0 Å². The van der Waals surface area contributed by atoms with Crippen molar-refractivity contribution in [3.05, 3.63) is 70.1 Å². The quantitative estimate of drug-likeness (QED) is 0.690. The molecule has 1 aliphatic rings. The summed E-state index contributed by atoms with van der Waals surface area (Å²) in [4.78, 5) is 14.0. The van der Waals surface area contributed by atoms with E-state index in [0.29, 0.717) is 23.6 Å². The zero-order valence-electron chi connectivity index (χ0n) is 13.3. The maximum absolute atomic E-state index is 11.9. The molecule has 0 atom stereocenters. The minimum atomic E-state index is -0.357. The van der Waals surface area contributed by atoms with Crippen molar-refractivity contribution >= 4 is 11.0 Å². The first-order valence-corrected chi connectivity index (χ1v) is 7.78. The molecule has 3 aromatic rings. The molecule has 0 saturated heterocycles. The average Bonchev–Trinajstić information content (AvgIpc) is 3.01. The van der Waals surface area contributed by atoms with Gasteiger partial charge in [0.05, 0.1) is 0 Å². The molecular formula is C19H17NO4. The van der Waals surface area contributed by atoms with Crippen molar-refractivity contribution < 1.29 is 13.9 Å². The molecule has 2 aromatic carbocycles. The minimum Gasteiger partial charge on any atom is -0.454 e. The second-order valence-electron chi connectivity index (χ2n) is 5.95. The van der Waals surface area contributed by atoms with Crippen molar-refractivity contribution in [2.45, 2.75) is 13.1 Å². The second kappa shape index (κ2) is 6.02. The lowest BCUT2D eigenvalue weighted by molar-refractivity contribution is 0.174. The zero-order valence-corrected chi connectivity index (χ0v) is 13.3. The highest BCUT2D eigenvalue weighted by molar-refractivity contribution is 5.84. The topological polar surface area (TPSA) is 51.9 Å². The van der Waals surface area contributed by atoms with Crippen LogP contribution in [0.15, 0.2) is 57.7 Å². The van der Waals surface area contributed by atoms with Crippen LogP contribution in [0.3, 0.4) is 0 Å². The van der Waals surface area contributed by atoms with E-state index in [9.17, 15) is 4.79 Å². The van der Waals surface area contributed by atoms with Crippen molar-refractivity contribution in [3.8, 4) is 11.5 Å². The smallest absolute Gasteiger partial charge is 0.336 e. The van der Waals surface area contributed by atoms with Crippen LogP contribution in [0.5, 0.6) is 11.5 Å². The fourth-order valence-electron chi connectivity index (χ4n) is 2.99. The Bertz CT molecular complexity index is 933. The van der Waals surface area contributed by atoms with Gasteiger partial charge in [0.25, 0.3) is 0 Å².